The molecule has 1 N–H and O–H groups in total. The number of rotatable bonds is 5. The lowest BCUT2D eigenvalue weighted by molar-refractivity contribution is -0.114. The quantitative estimate of drug-likeness (QED) is 0.727. The molecule has 2 aromatic rings. The summed E-state index contributed by atoms with van der Waals surface area (Å²) < 4.78 is 0. The van der Waals surface area contributed by atoms with Gasteiger partial charge < -0.3 is 4.90 Å². The number of thioether (sulfide) groups is 1. The summed E-state index contributed by atoms with van der Waals surface area (Å²) in [7, 11) is 0. The summed E-state index contributed by atoms with van der Waals surface area (Å²) in [6, 6.07) is 17.9. The Morgan fingerprint density at radius 3 is 2.41 bits per heavy atom. The first-order valence-electron chi connectivity index (χ1n) is 9.63. The highest BCUT2D eigenvalue weighted by molar-refractivity contribution is 8.17. The van der Waals surface area contributed by atoms with Crippen molar-refractivity contribution in [2.45, 2.75) is 13.8 Å². The maximum absolute atomic E-state index is 12.6. The number of anilines is 1. The maximum Gasteiger partial charge on any atom is 0.283 e. The van der Waals surface area contributed by atoms with Crippen LogP contribution in [0.5, 0.6) is 0 Å². The van der Waals surface area contributed by atoms with Gasteiger partial charge in [-0.15, -0.1) is 0 Å². The normalized spacial score (nSPS) is 17.3. The van der Waals surface area contributed by atoms with Crippen LogP contribution in [0.4, 0.5) is 5.69 Å². The third-order valence-corrected chi connectivity index (χ3v) is 5.84. The van der Waals surface area contributed by atoms with Crippen LogP contribution < -0.4 is 4.90 Å². The van der Waals surface area contributed by atoms with Crippen LogP contribution in [-0.4, -0.2) is 34.9 Å². The molecule has 0 bridgehead atoms. The lowest BCUT2D eigenvalue weighted by Crippen LogP contribution is -2.38. The first kappa shape index (κ1) is 19.2. The maximum atomic E-state index is 12.6. The molecule has 29 heavy (non-hydrogen) atoms. The summed E-state index contributed by atoms with van der Waals surface area (Å²) in [5, 5.41) is 11.2. The number of carbonyl (C=O) groups is 1. The molecule has 0 saturated heterocycles. The summed E-state index contributed by atoms with van der Waals surface area (Å²) in [5.41, 5.74) is 4.19. The van der Waals surface area contributed by atoms with E-state index in [1.165, 1.54) is 11.8 Å². The fourth-order valence-electron chi connectivity index (χ4n) is 3.45. The van der Waals surface area contributed by atoms with Gasteiger partial charge >= 0.3 is 0 Å². The zero-order valence-electron chi connectivity index (χ0n) is 16.4. The number of hydrogen-bond donors (Lipinski definition) is 1. The summed E-state index contributed by atoms with van der Waals surface area (Å²) in [4.78, 5) is 20.8. The number of hydrogen-bond acceptors (Lipinski definition) is 4. The fourth-order valence-corrected chi connectivity index (χ4v) is 4.34. The van der Waals surface area contributed by atoms with Gasteiger partial charge in [-0.25, -0.2) is 0 Å². The molecule has 2 aromatic carbocycles. The van der Waals surface area contributed by atoms with Gasteiger partial charge in [0.2, 0.25) is 0 Å². The summed E-state index contributed by atoms with van der Waals surface area (Å²) in [6.07, 6.45) is 1.75. The van der Waals surface area contributed by atoms with Gasteiger partial charge in [-0.1, -0.05) is 54.2 Å². The Hall–Kier alpha value is -3.12. The van der Waals surface area contributed by atoms with Gasteiger partial charge in [0, 0.05) is 24.2 Å². The molecule has 0 aliphatic carbocycles. The molecule has 2 aliphatic heterocycles. The first-order chi connectivity index (χ1) is 14.1. The smallest absolute Gasteiger partial charge is 0.283 e. The lowest BCUT2D eigenvalue weighted by Gasteiger charge is -2.27. The monoisotopic (exact) mass is 402 g/mol. The van der Waals surface area contributed by atoms with Crippen molar-refractivity contribution < 1.29 is 4.79 Å². The number of amidine groups is 2. The van der Waals surface area contributed by atoms with Crippen LogP contribution in [0.2, 0.25) is 0 Å². The minimum absolute atomic E-state index is 0.160. The molecule has 146 valence electrons. The highest BCUT2D eigenvalue weighted by Crippen LogP contribution is 2.37. The number of fused-ring (bicyclic) bond motifs is 1. The second kappa shape index (κ2) is 8.09. The van der Waals surface area contributed by atoms with Crippen LogP contribution >= 0.6 is 11.8 Å². The number of aliphatic imine (C=N–C) groups is 1. The molecule has 2 heterocycles. The van der Waals surface area contributed by atoms with Crippen LogP contribution in [0.3, 0.4) is 0 Å². The number of carbonyl (C=O) groups excluding carboxylic acids is 1. The van der Waals surface area contributed by atoms with E-state index >= 15 is 0 Å². The van der Waals surface area contributed by atoms with E-state index in [-0.39, 0.29) is 11.7 Å². The predicted octanol–water partition coefficient (Wildman–Crippen LogP) is 4.84. The number of nitrogens with one attached hydrogen (secondary N) is 1. The predicted molar refractivity (Wildman–Crippen MR) is 122 cm³/mol. The average Bonchev–Trinajstić information content (AvgIpc) is 3.17. The second-order valence-corrected chi connectivity index (χ2v) is 7.53. The zero-order valence-corrected chi connectivity index (χ0v) is 17.2. The molecule has 5 nitrogen and oxygen atoms in total. The van der Waals surface area contributed by atoms with Crippen LogP contribution in [0, 0.1) is 5.41 Å². The van der Waals surface area contributed by atoms with Crippen molar-refractivity contribution in [3.8, 4) is 0 Å². The molecule has 0 spiro atoms. The molecule has 0 aromatic heterocycles. The van der Waals surface area contributed by atoms with Gasteiger partial charge in [0.1, 0.15) is 5.84 Å². The standard InChI is InChI=1S/C23H22N4OS/c1-3-26(4-2)18-12-10-16(11-13-18)14-19-21(24)27-20(17-8-6-5-7-9-17)15-29-23(27)25-22(19)28/h5-15,24H,3-4H2,1-2H3. The highest BCUT2D eigenvalue weighted by Gasteiger charge is 2.36. The molecular weight excluding hydrogens is 380 g/mol. The van der Waals surface area contributed by atoms with Gasteiger partial charge in [0.15, 0.2) is 5.17 Å². The van der Waals surface area contributed by atoms with Gasteiger partial charge in [-0.2, -0.15) is 4.99 Å². The number of nitrogens with zero attached hydrogens (tertiary/aromatic N) is 3. The number of benzene rings is 2. The Labute approximate surface area is 174 Å². The Kier molecular flexibility index (Phi) is 5.36. The van der Waals surface area contributed by atoms with E-state index in [1.807, 2.05) is 60.0 Å². The molecular formula is C23H22N4OS. The molecule has 4 rings (SSSR count). The van der Waals surface area contributed by atoms with Crippen molar-refractivity contribution in [3.63, 3.8) is 0 Å². The molecule has 1 amide bonds. The summed E-state index contributed by atoms with van der Waals surface area (Å²) in [5.74, 6) is -0.211. The van der Waals surface area contributed by atoms with Crippen molar-refractivity contribution in [3.05, 3.63) is 76.7 Å². The highest BCUT2D eigenvalue weighted by atomic mass is 32.2. The molecule has 0 unspecified atom stereocenters. The van der Waals surface area contributed by atoms with Crippen LogP contribution in [0.1, 0.15) is 25.0 Å². The average molecular weight is 403 g/mol. The first-order valence-corrected chi connectivity index (χ1v) is 10.5. The third kappa shape index (κ3) is 3.63. The van der Waals surface area contributed by atoms with Crippen LogP contribution in [-0.2, 0) is 4.79 Å². The Morgan fingerprint density at radius 1 is 1.07 bits per heavy atom. The second-order valence-electron chi connectivity index (χ2n) is 6.69. The Balaban J connectivity index is 1.65. The van der Waals surface area contributed by atoms with Crippen molar-refractivity contribution in [1.29, 1.82) is 5.41 Å². The van der Waals surface area contributed by atoms with E-state index in [4.69, 9.17) is 5.41 Å². The third-order valence-electron chi connectivity index (χ3n) is 5.02. The minimum Gasteiger partial charge on any atom is -0.372 e. The van der Waals surface area contributed by atoms with Crippen molar-refractivity contribution in [1.82, 2.24) is 4.90 Å². The SMILES string of the molecule is CCN(CC)c1ccc(C=C2C(=N)N3C(c4ccccc4)=CSC3=NC2=O)cc1. The van der Waals surface area contributed by atoms with E-state index in [1.54, 1.807) is 11.0 Å². The molecule has 0 saturated carbocycles. The number of amides is 1. The molecule has 2 aliphatic rings. The molecule has 0 radical (unpaired) electrons. The summed E-state index contributed by atoms with van der Waals surface area (Å²) in [6.45, 7) is 6.14. The van der Waals surface area contributed by atoms with E-state index < -0.39 is 0 Å². The molecule has 0 fully saturated rings. The lowest BCUT2D eigenvalue weighted by atomic mass is 10.1. The fraction of sp³-hybridized carbons (Fsp3) is 0.174. The minimum atomic E-state index is -0.371. The Bertz CT molecular complexity index is 1030. The zero-order chi connectivity index (χ0) is 20.4. The summed E-state index contributed by atoms with van der Waals surface area (Å²) >= 11 is 1.37. The Morgan fingerprint density at radius 2 is 1.76 bits per heavy atom. The topological polar surface area (TPSA) is 59.8 Å². The van der Waals surface area contributed by atoms with E-state index in [2.05, 4.69) is 23.7 Å². The van der Waals surface area contributed by atoms with E-state index in [0.29, 0.717) is 10.7 Å². The van der Waals surface area contributed by atoms with Crippen molar-refractivity contribution >= 4 is 46.1 Å². The van der Waals surface area contributed by atoms with Gasteiger partial charge in [-0.05, 0) is 43.2 Å². The van der Waals surface area contributed by atoms with Crippen molar-refractivity contribution in [2.75, 3.05) is 18.0 Å². The van der Waals surface area contributed by atoms with Crippen LogP contribution in [0.25, 0.3) is 11.8 Å². The van der Waals surface area contributed by atoms with E-state index in [9.17, 15) is 4.79 Å². The molecule has 0 atom stereocenters. The van der Waals surface area contributed by atoms with Crippen LogP contribution in [0.15, 0.2) is 70.6 Å². The van der Waals surface area contributed by atoms with Gasteiger partial charge in [-0.3, -0.25) is 15.1 Å². The van der Waals surface area contributed by atoms with Gasteiger partial charge in [0.25, 0.3) is 5.91 Å². The van der Waals surface area contributed by atoms with Gasteiger partial charge in [0.05, 0.1) is 11.3 Å². The largest absolute Gasteiger partial charge is 0.372 e. The molecule has 6 heteroatoms. The van der Waals surface area contributed by atoms with Crippen molar-refractivity contribution in [2.24, 2.45) is 4.99 Å². The van der Waals surface area contributed by atoms with E-state index in [0.717, 1.165) is 35.6 Å².